The number of nitrogens with one attached hydrogen (secondary N) is 2. The first-order chi connectivity index (χ1) is 13.9. The molecule has 2 N–H and O–H groups in total. The second-order valence-corrected chi connectivity index (χ2v) is 8.22. The zero-order valence-electron chi connectivity index (χ0n) is 17.0. The van der Waals surface area contributed by atoms with Gasteiger partial charge in [-0.05, 0) is 49.6 Å². The highest BCUT2D eigenvalue weighted by molar-refractivity contribution is 7.89. The Labute approximate surface area is 172 Å². The number of methoxy groups -OCH3 is 1. The van der Waals surface area contributed by atoms with Crippen molar-refractivity contribution in [2.24, 2.45) is 0 Å². The minimum absolute atomic E-state index is 0.0845. The van der Waals surface area contributed by atoms with Crippen LogP contribution >= 0.6 is 0 Å². The fourth-order valence-electron chi connectivity index (χ4n) is 2.80. The van der Waals surface area contributed by atoms with Crippen molar-refractivity contribution in [3.8, 4) is 5.75 Å². The van der Waals surface area contributed by atoms with Crippen LogP contribution in [-0.4, -0.2) is 47.2 Å². The van der Waals surface area contributed by atoms with Gasteiger partial charge < -0.3 is 14.8 Å². The van der Waals surface area contributed by atoms with Crippen molar-refractivity contribution in [1.29, 1.82) is 0 Å². The SMILES string of the molecule is CCOc1ccc(S(=O)(=O)NC(Cc2ccccc2)C(=O)NCCOC)cc1C. The minimum Gasteiger partial charge on any atom is -0.494 e. The van der Waals surface area contributed by atoms with E-state index in [4.69, 9.17) is 9.47 Å². The standard InChI is InChI=1S/C21H28N2O5S/c1-4-28-20-11-10-18(14-16(20)2)29(25,26)23-19(21(24)22-12-13-27-3)15-17-8-6-5-7-9-17/h5-11,14,19,23H,4,12-13,15H2,1-3H3,(H,22,24). The van der Waals surface area contributed by atoms with E-state index in [0.717, 1.165) is 5.56 Å². The third-order valence-corrected chi connectivity index (χ3v) is 5.73. The summed E-state index contributed by atoms with van der Waals surface area (Å²) in [6.45, 7) is 4.77. The Balaban J connectivity index is 2.23. The summed E-state index contributed by atoms with van der Waals surface area (Å²) in [5.74, 6) is 0.224. The number of hydrogen-bond acceptors (Lipinski definition) is 5. The first kappa shape index (κ1) is 22.9. The molecule has 0 spiro atoms. The third kappa shape index (κ3) is 6.85. The van der Waals surface area contributed by atoms with Gasteiger partial charge in [-0.2, -0.15) is 4.72 Å². The van der Waals surface area contributed by atoms with Crippen LogP contribution in [0.5, 0.6) is 5.75 Å². The number of benzene rings is 2. The Morgan fingerprint density at radius 2 is 1.86 bits per heavy atom. The Bertz CT molecular complexity index is 901. The summed E-state index contributed by atoms with van der Waals surface area (Å²) in [4.78, 5) is 12.7. The average Bonchev–Trinajstić information content (AvgIpc) is 2.70. The van der Waals surface area contributed by atoms with Gasteiger partial charge in [0.05, 0.1) is 18.1 Å². The van der Waals surface area contributed by atoms with E-state index in [9.17, 15) is 13.2 Å². The second-order valence-electron chi connectivity index (χ2n) is 6.51. The monoisotopic (exact) mass is 420 g/mol. The lowest BCUT2D eigenvalue weighted by atomic mass is 10.1. The Kier molecular flexibility index (Phi) is 8.63. The number of aryl methyl sites for hydroxylation is 1. The summed E-state index contributed by atoms with van der Waals surface area (Å²) in [6.07, 6.45) is 0.231. The molecule has 8 heteroatoms. The Morgan fingerprint density at radius 3 is 2.48 bits per heavy atom. The Morgan fingerprint density at radius 1 is 1.14 bits per heavy atom. The van der Waals surface area contributed by atoms with E-state index in [1.54, 1.807) is 13.0 Å². The molecule has 0 aliphatic heterocycles. The molecule has 158 valence electrons. The van der Waals surface area contributed by atoms with Crippen molar-refractivity contribution >= 4 is 15.9 Å². The van der Waals surface area contributed by atoms with E-state index < -0.39 is 22.0 Å². The van der Waals surface area contributed by atoms with Crippen LogP contribution in [0.15, 0.2) is 53.4 Å². The molecule has 1 amide bonds. The lowest BCUT2D eigenvalue weighted by Crippen LogP contribution is -2.48. The van der Waals surface area contributed by atoms with Gasteiger partial charge in [-0.3, -0.25) is 4.79 Å². The molecule has 0 saturated carbocycles. The van der Waals surface area contributed by atoms with Crippen molar-refractivity contribution in [3.05, 3.63) is 59.7 Å². The largest absolute Gasteiger partial charge is 0.494 e. The molecule has 2 aromatic carbocycles. The highest BCUT2D eigenvalue weighted by atomic mass is 32.2. The van der Waals surface area contributed by atoms with Gasteiger partial charge in [-0.1, -0.05) is 30.3 Å². The van der Waals surface area contributed by atoms with Gasteiger partial charge in [-0.25, -0.2) is 8.42 Å². The van der Waals surface area contributed by atoms with E-state index in [1.165, 1.54) is 19.2 Å². The van der Waals surface area contributed by atoms with Crippen LogP contribution in [0.1, 0.15) is 18.1 Å². The summed E-state index contributed by atoms with van der Waals surface area (Å²) in [5.41, 5.74) is 1.56. The first-order valence-electron chi connectivity index (χ1n) is 9.43. The summed E-state index contributed by atoms with van der Waals surface area (Å²) >= 11 is 0. The first-order valence-corrected chi connectivity index (χ1v) is 10.9. The molecule has 0 heterocycles. The van der Waals surface area contributed by atoms with Crippen LogP contribution in [0.4, 0.5) is 0 Å². The van der Waals surface area contributed by atoms with Gasteiger partial charge in [0.1, 0.15) is 11.8 Å². The van der Waals surface area contributed by atoms with E-state index in [0.29, 0.717) is 31.1 Å². The zero-order valence-corrected chi connectivity index (χ0v) is 17.8. The van der Waals surface area contributed by atoms with Gasteiger partial charge >= 0.3 is 0 Å². The molecule has 0 saturated heterocycles. The van der Waals surface area contributed by atoms with E-state index >= 15 is 0 Å². The van der Waals surface area contributed by atoms with E-state index in [-0.39, 0.29) is 11.3 Å². The highest BCUT2D eigenvalue weighted by Gasteiger charge is 2.26. The number of carbonyl (C=O) groups excluding carboxylic acids is 1. The molecule has 7 nitrogen and oxygen atoms in total. The van der Waals surface area contributed by atoms with E-state index in [1.807, 2.05) is 37.3 Å². The molecular weight excluding hydrogens is 392 g/mol. The van der Waals surface area contributed by atoms with Crippen molar-refractivity contribution in [2.45, 2.75) is 31.2 Å². The minimum atomic E-state index is -3.91. The molecule has 1 unspecified atom stereocenters. The molecule has 0 aliphatic carbocycles. The maximum absolute atomic E-state index is 12.9. The maximum Gasteiger partial charge on any atom is 0.241 e. The summed E-state index contributed by atoms with van der Waals surface area (Å²) in [6, 6.07) is 12.9. The maximum atomic E-state index is 12.9. The van der Waals surface area contributed by atoms with Crippen molar-refractivity contribution < 1.29 is 22.7 Å². The summed E-state index contributed by atoms with van der Waals surface area (Å²) < 4.78 is 38.8. The Hall–Kier alpha value is -2.42. The van der Waals surface area contributed by atoms with Crippen LogP contribution in [0.2, 0.25) is 0 Å². The fraction of sp³-hybridized carbons (Fsp3) is 0.381. The molecule has 2 rings (SSSR count). The number of carbonyl (C=O) groups is 1. The van der Waals surface area contributed by atoms with Crippen LogP contribution in [0.25, 0.3) is 0 Å². The average molecular weight is 421 g/mol. The molecule has 0 fully saturated rings. The van der Waals surface area contributed by atoms with Crippen LogP contribution < -0.4 is 14.8 Å². The number of rotatable bonds is 11. The van der Waals surface area contributed by atoms with Gasteiger partial charge in [0.25, 0.3) is 0 Å². The quantitative estimate of drug-likeness (QED) is 0.543. The third-order valence-electron chi connectivity index (χ3n) is 4.26. The van der Waals surface area contributed by atoms with Crippen LogP contribution in [-0.2, 0) is 26.0 Å². The number of amides is 1. The molecule has 1 atom stereocenters. The fourth-order valence-corrected chi connectivity index (χ4v) is 4.08. The number of sulfonamides is 1. The molecule has 0 radical (unpaired) electrons. The molecule has 0 aliphatic rings. The molecule has 29 heavy (non-hydrogen) atoms. The topological polar surface area (TPSA) is 93.7 Å². The van der Waals surface area contributed by atoms with Gasteiger partial charge in [0.15, 0.2) is 0 Å². The molecule has 2 aromatic rings. The smallest absolute Gasteiger partial charge is 0.241 e. The van der Waals surface area contributed by atoms with Crippen LogP contribution in [0.3, 0.4) is 0 Å². The summed E-state index contributed by atoms with van der Waals surface area (Å²) in [5, 5.41) is 2.70. The lowest BCUT2D eigenvalue weighted by Gasteiger charge is -2.19. The van der Waals surface area contributed by atoms with Gasteiger partial charge in [0.2, 0.25) is 15.9 Å². The molecule has 0 bridgehead atoms. The predicted octanol–water partition coefficient (Wildman–Crippen LogP) is 2.05. The van der Waals surface area contributed by atoms with Crippen molar-refractivity contribution in [3.63, 3.8) is 0 Å². The van der Waals surface area contributed by atoms with Crippen molar-refractivity contribution in [2.75, 3.05) is 26.9 Å². The predicted molar refractivity (Wildman–Crippen MR) is 111 cm³/mol. The lowest BCUT2D eigenvalue weighted by molar-refractivity contribution is -0.122. The van der Waals surface area contributed by atoms with Crippen molar-refractivity contribution in [1.82, 2.24) is 10.0 Å². The van der Waals surface area contributed by atoms with E-state index in [2.05, 4.69) is 10.0 Å². The zero-order chi connectivity index (χ0) is 21.3. The van der Waals surface area contributed by atoms with Crippen LogP contribution in [0, 0.1) is 6.92 Å². The highest BCUT2D eigenvalue weighted by Crippen LogP contribution is 2.22. The number of hydrogen-bond donors (Lipinski definition) is 2. The second kappa shape index (κ2) is 10.9. The normalized spacial score (nSPS) is 12.4. The van der Waals surface area contributed by atoms with Gasteiger partial charge in [-0.15, -0.1) is 0 Å². The van der Waals surface area contributed by atoms with Gasteiger partial charge in [0, 0.05) is 13.7 Å². The summed E-state index contributed by atoms with van der Waals surface area (Å²) in [7, 11) is -2.37. The molecular formula is C21H28N2O5S. The number of ether oxygens (including phenoxy) is 2. The molecule has 0 aromatic heterocycles.